The van der Waals surface area contributed by atoms with Gasteiger partial charge in [0.05, 0.1) is 35.5 Å². The van der Waals surface area contributed by atoms with E-state index in [4.69, 9.17) is 0 Å². The smallest absolute Gasteiger partial charge is 0.138 e. The molecule has 25 heavy (non-hydrogen) atoms. The Labute approximate surface area is 143 Å². The van der Waals surface area contributed by atoms with Crippen LogP contribution in [-0.2, 0) is 0 Å². The second kappa shape index (κ2) is 5.24. The van der Waals surface area contributed by atoms with Crippen LogP contribution in [0.15, 0.2) is 61.4 Å². The maximum Gasteiger partial charge on any atom is 0.138 e. The molecule has 6 nitrogen and oxygen atoms in total. The van der Waals surface area contributed by atoms with Crippen LogP contribution >= 0.6 is 0 Å². The second-order valence-corrected chi connectivity index (χ2v) is 6.03. The van der Waals surface area contributed by atoms with Gasteiger partial charge < -0.3 is 4.98 Å². The van der Waals surface area contributed by atoms with Crippen molar-refractivity contribution in [3.8, 4) is 16.9 Å². The summed E-state index contributed by atoms with van der Waals surface area (Å²) in [4.78, 5) is 16.6. The number of nitrogens with one attached hydrogen (secondary N) is 1. The molecule has 0 saturated carbocycles. The topological polar surface area (TPSA) is 72.3 Å². The highest BCUT2D eigenvalue weighted by molar-refractivity contribution is 6.07. The molecule has 6 heteroatoms. The fourth-order valence-electron chi connectivity index (χ4n) is 3.02. The van der Waals surface area contributed by atoms with Gasteiger partial charge in [-0.05, 0) is 36.8 Å². The summed E-state index contributed by atoms with van der Waals surface area (Å²) in [6, 6.07) is 8.09. The molecule has 120 valence electrons. The molecule has 0 aliphatic carbocycles. The lowest BCUT2D eigenvalue weighted by molar-refractivity contribution is 0.876. The lowest BCUT2D eigenvalue weighted by Crippen LogP contribution is -1.94. The number of pyridine rings is 3. The zero-order chi connectivity index (χ0) is 16.8. The van der Waals surface area contributed by atoms with Crippen molar-refractivity contribution in [3.63, 3.8) is 0 Å². The first kappa shape index (κ1) is 13.9. The normalized spacial score (nSPS) is 11.4. The number of nitrogens with zero attached hydrogens (tertiary/aromatic N) is 5. The van der Waals surface area contributed by atoms with Crippen LogP contribution in [0.1, 0.15) is 5.56 Å². The van der Waals surface area contributed by atoms with Crippen LogP contribution in [0.5, 0.6) is 0 Å². The minimum absolute atomic E-state index is 0.841. The summed E-state index contributed by atoms with van der Waals surface area (Å²) in [5.41, 5.74) is 5.73. The molecular weight excluding hydrogens is 312 g/mol. The van der Waals surface area contributed by atoms with Crippen LogP contribution < -0.4 is 0 Å². The molecule has 0 aromatic carbocycles. The number of rotatable bonds is 2. The second-order valence-electron chi connectivity index (χ2n) is 6.03. The number of hydrogen-bond donors (Lipinski definition) is 1. The maximum absolute atomic E-state index is 4.55. The summed E-state index contributed by atoms with van der Waals surface area (Å²) in [5, 5.41) is 6.50. The van der Waals surface area contributed by atoms with E-state index in [0.717, 1.165) is 44.4 Å². The minimum Gasteiger partial charge on any atom is -0.338 e. The predicted octanol–water partition coefficient (Wildman–Crippen LogP) is 3.67. The fourth-order valence-corrected chi connectivity index (χ4v) is 3.02. The molecule has 0 atom stereocenters. The number of H-pyrrole nitrogens is 1. The van der Waals surface area contributed by atoms with Crippen LogP contribution in [0, 0.1) is 6.92 Å². The summed E-state index contributed by atoms with van der Waals surface area (Å²) < 4.78 is 1.84. The summed E-state index contributed by atoms with van der Waals surface area (Å²) >= 11 is 0. The van der Waals surface area contributed by atoms with Gasteiger partial charge in [0.25, 0.3) is 0 Å². The van der Waals surface area contributed by atoms with E-state index >= 15 is 0 Å². The van der Waals surface area contributed by atoms with E-state index < -0.39 is 0 Å². The third kappa shape index (κ3) is 2.27. The van der Waals surface area contributed by atoms with Gasteiger partial charge in [-0.3, -0.25) is 9.97 Å². The van der Waals surface area contributed by atoms with E-state index in [1.165, 1.54) is 0 Å². The van der Waals surface area contributed by atoms with Crippen molar-refractivity contribution in [3.05, 3.63) is 67.0 Å². The molecule has 0 aliphatic heterocycles. The molecule has 1 N–H and O–H groups in total. The number of aryl methyl sites for hydroxylation is 1. The Morgan fingerprint density at radius 2 is 1.96 bits per heavy atom. The quantitative estimate of drug-likeness (QED) is 0.537. The molecular formula is C19H14N6. The Kier molecular flexibility index (Phi) is 2.90. The largest absolute Gasteiger partial charge is 0.338 e. The van der Waals surface area contributed by atoms with Crippen molar-refractivity contribution in [1.82, 2.24) is 29.7 Å². The van der Waals surface area contributed by atoms with Gasteiger partial charge in [-0.25, -0.2) is 9.67 Å². The van der Waals surface area contributed by atoms with Gasteiger partial charge in [0.15, 0.2) is 0 Å². The van der Waals surface area contributed by atoms with E-state index in [9.17, 15) is 0 Å². The lowest BCUT2D eigenvalue weighted by atomic mass is 10.1. The number of fused-ring (bicyclic) bond motifs is 3. The molecule has 5 aromatic rings. The van der Waals surface area contributed by atoms with E-state index in [-0.39, 0.29) is 0 Å². The molecule has 0 unspecified atom stereocenters. The third-order valence-electron chi connectivity index (χ3n) is 4.25. The van der Waals surface area contributed by atoms with Gasteiger partial charge in [-0.2, -0.15) is 5.10 Å². The summed E-state index contributed by atoms with van der Waals surface area (Å²) in [7, 11) is 0. The van der Waals surface area contributed by atoms with Crippen LogP contribution in [0.2, 0.25) is 0 Å². The van der Waals surface area contributed by atoms with E-state index in [2.05, 4.69) is 37.2 Å². The van der Waals surface area contributed by atoms with Gasteiger partial charge in [0.2, 0.25) is 0 Å². The molecule has 0 saturated heterocycles. The lowest BCUT2D eigenvalue weighted by Gasteiger charge is -2.02. The van der Waals surface area contributed by atoms with E-state index in [0.29, 0.717) is 0 Å². The van der Waals surface area contributed by atoms with E-state index in [1.54, 1.807) is 6.20 Å². The van der Waals surface area contributed by atoms with Gasteiger partial charge in [-0.1, -0.05) is 0 Å². The van der Waals surface area contributed by atoms with Gasteiger partial charge in [-0.15, -0.1) is 0 Å². The molecule has 5 aromatic heterocycles. The van der Waals surface area contributed by atoms with Gasteiger partial charge >= 0.3 is 0 Å². The first-order valence-corrected chi connectivity index (χ1v) is 7.97. The minimum atomic E-state index is 0.841. The Bertz CT molecular complexity index is 1200. The number of aromatic nitrogens is 6. The Morgan fingerprint density at radius 1 is 1.00 bits per heavy atom. The zero-order valence-corrected chi connectivity index (χ0v) is 13.5. The summed E-state index contributed by atoms with van der Waals surface area (Å²) in [5.74, 6) is 0. The average molecular weight is 326 g/mol. The van der Waals surface area contributed by atoms with Crippen LogP contribution in [0.4, 0.5) is 0 Å². The Morgan fingerprint density at radius 3 is 2.76 bits per heavy atom. The first-order chi connectivity index (χ1) is 12.3. The predicted molar refractivity (Wildman–Crippen MR) is 96.5 cm³/mol. The fraction of sp³-hybridized carbons (Fsp3) is 0.0526. The van der Waals surface area contributed by atoms with Gasteiger partial charge in [0, 0.05) is 34.9 Å². The molecule has 0 aliphatic rings. The van der Waals surface area contributed by atoms with Crippen LogP contribution in [0.3, 0.4) is 0 Å². The van der Waals surface area contributed by atoms with Crippen LogP contribution in [0.25, 0.3) is 38.9 Å². The third-order valence-corrected chi connectivity index (χ3v) is 4.25. The summed E-state index contributed by atoms with van der Waals surface area (Å²) in [6.45, 7) is 2.02. The van der Waals surface area contributed by atoms with Crippen molar-refractivity contribution < 1.29 is 0 Å². The Hall–Kier alpha value is -3.54. The van der Waals surface area contributed by atoms with Crippen molar-refractivity contribution in [2.24, 2.45) is 0 Å². The first-order valence-electron chi connectivity index (χ1n) is 7.97. The number of aromatic amines is 1. The average Bonchev–Trinajstić information content (AvgIpc) is 3.25. The molecule has 0 fully saturated rings. The monoisotopic (exact) mass is 326 g/mol. The Balaban J connectivity index is 1.73. The molecule has 0 amide bonds. The summed E-state index contributed by atoms with van der Waals surface area (Å²) in [6.07, 6.45) is 11.1. The SMILES string of the molecule is Cc1cnn(-c2cnc3[nH]c4cnc(-c5cccnc5)cc4c3c2)c1. The van der Waals surface area contributed by atoms with Crippen molar-refractivity contribution in [2.75, 3.05) is 0 Å². The maximum atomic E-state index is 4.55. The molecule has 5 rings (SSSR count). The van der Waals surface area contributed by atoms with E-state index in [1.807, 2.05) is 54.7 Å². The van der Waals surface area contributed by atoms with Crippen molar-refractivity contribution >= 4 is 21.9 Å². The van der Waals surface area contributed by atoms with Gasteiger partial charge in [0.1, 0.15) is 5.65 Å². The molecule has 5 heterocycles. The molecule has 0 radical (unpaired) electrons. The van der Waals surface area contributed by atoms with Crippen molar-refractivity contribution in [2.45, 2.75) is 6.92 Å². The standard InChI is InChI=1S/C19H14N6/c1-12-7-23-25(11-12)14-5-16-15-6-17(13-3-2-4-20-8-13)21-10-18(15)24-19(16)22-9-14/h2-11H,1H3,(H,22,24). The number of hydrogen-bond acceptors (Lipinski definition) is 4. The highest BCUT2D eigenvalue weighted by Gasteiger charge is 2.10. The zero-order valence-electron chi connectivity index (χ0n) is 13.5. The highest BCUT2D eigenvalue weighted by atomic mass is 15.3. The van der Waals surface area contributed by atoms with Crippen LogP contribution in [-0.4, -0.2) is 29.7 Å². The molecule has 0 spiro atoms. The van der Waals surface area contributed by atoms with Crippen molar-refractivity contribution in [1.29, 1.82) is 0 Å². The molecule has 0 bridgehead atoms. The highest BCUT2D eigenvalue weighted by Crippen LogP contribution is 2.28.